The number of hydrogen-bond acceptors (Lipinski definition) is 4. The Bertz CT molecular complexity index is 1080. The lowest BCUT2D eigenvalue weighted by Gasteiger charge is -2.23. The Kier molecular flexibility index (Phi) is 6.34. The van der Waals surface area contributed by atoms with Crippen molar-refractivity contribution in [2.45, 2.75) is 25.2 Å². The van der Waals surface area contributed by atoms with E-state index in [1.54, 1.807) is 48.5 Å². The highest BCUT2D eigenvalue weighted by atomic mass is 32.2. The van der Waals surface area contributed by atoms with E-state index in [2.05, 4.69) is 0 Å². The molecule has 0 fully saturated rings. The van der Waals surface area contributed by atoms with Crippen molar-refractivity contribution in [2.24, 2.45) is 0 Å². The molecule has 0 radical (unpaired) electrons. The van der Waals surface area contributed by atoms with Gasteiger partial charge in [-0.05, 0) is 55.3 Å². The summed E-state index contributed by atoms with van der Waals surface area (Å²) in [5.74, 6) is -0.142. The number of hydrogen-bond donors (Lipinski definition) is 0. The normalized spacial score (nSPS) is 11.1. The van der Waals surface area contributed by atoms with Gasteiger partial charge in [-0.3, -0.25) is 4.79 Å². The van der Waals surface area contributed by atoms with E-state index in [9.17, 15) is 13.2 Å². The van der Waals surface area contributed by atoms with Gasteiger partial charge in [0.05, 0.1) is 10.6 Å². The summed E-state index contributed by atoms with van der Waals surface area (Å²) in [5.41, 5.74) is 2.27. The lowest BCUT2D eigenvalue weighted by atomic mass is 10.2. The molecular formula is C23H23NO4S. The van der Waals surface area contributed by atoms with E-state index in [1.807, 2.05) is 32.0 Å². The summed E-state index contributed by atoms with van der Waals surface area (Å²) < 4.78 is 32.9. The second kappa shape index (κ2) is 8.92. The molecule has 0 heterocycles. The number of amides is 1. The molecule has 1 amide bonds. The molecule has 3 aromatic carbocycles. The smallest absolute Gasteiger partial charge is 0.278 e. The number of anilines is 1. The molecule has 6 heteroatoms. The van der Waals surface area contributed by atoms with Gasteiger partial charge in [0.15, 0.2) is 6.61 Å². The summed E-state index contributed by atoms with van der Waals surface area (Å²) in [5, 5.41) is 0. The van der Waals surface area contributed by atoms with Crippen LogP contribution in [-0.2, 0) is 21.2 Å². The zero-order valence-electron chi connectivity index (χ0n) is 16.4. The minimum atomic E-state index is -4.08. The molecule has 150 valence electrons. The van der Waals surface area contributed by atoms with Gasteiger partial charge >= 0.3 is 0 Å². The van der Waals surface area contributed by atoms with Gasteiger partial charge in [-0.25, -0.2) is 8.42 Å². The van der Waals surface area contributed by atoms with Crippen LogP contribution in [0.25, 0.3) is 0 Å². The maximum Gasteiger partial charge on any atom is 0.278 e. The third-order valence-corrected chi connectivity index (χ3v) is 6.21. The molecule has 29 heavy (non-hydrogen) atoms. The van der Waals surface area contributed by atoms with Gasteiger partial charge in [-0.15, -0.1) is 0 Å². The number of ether oxygens (including phenoxy) is 1. The highest BCUT2D eigenvalue weighted by molar-refractivity contribution is 7.93. The summed E-state index contributed by atoms with van der Waals surface area (Å²) in [7, 11) is -4.08. The summed E-state index contributed by atoms with van der Waals surface area (Å²) in [6.45, 7) is 3.50. The van der Waals surface area contributed by atoms with Crippen LogP contribution in [0.15, 0.2) is 83.8 Å². The second-order valence-electron chi connectivity index (χ2n) is 6.60. The lowest BCUT2D eigenvalue weighted by Crippen LogP contribution is -2.40. The maximum atomic E-state index is 13.2. The van der Waals surface area contributed by atoms with Gasteiger partial charge in [-0.2, -0.15) is 4.31 Å². The summed E-state index contributed by atoms with van der Waals surface area (Å²) in [4.78, 5) is 13.0. The van der Waals surface area contributed by atoms with E-state index in [-0.39, 0.29) is 10.6 Å². The van der Waals surface area contributed by atoms with Crippen LogP contribution in [0.5, 0.6) is 5.75 Å². The van der Waals surface area contributed by atoms with E-state index in [1.165, 1.54) is 12.1 Å². The number of aryl methyl sites for hydroxylation is 2. The number of benzene rings is 3. The minimum absolute atomic E-state index is 0.0493. The highest BCUT2D eigenvalue weighted by Gasteiger charge is 2.31. The van der Waals surface area contributed by atoms with E-state index < -0.39 is 22.5 Å². The maximum absolute atomic E-state index is 13.2. The van der Waals surface area contributed by atoms with Crippen molar-refractivity contribution in [3.8, 4) is 5.75 Å². The molecule has 3 rings (SSSR count). The number of carbonyl (C=O) groups is 1. The van der Waals surface area contributed by atoms with Crippen LogP contribution in [0.2, 0.25) is 0 Å². The van der Waals surface area contributed by atoms with E-state index >= 15 is 0 Å². The molecule has 0 spiro atoms. The molecular weight excluding hydrogens is 386 g/mol. The molecule has 0 atom stereocenters. The Hall–Kier alpha value is -3.12. The quantitative estimate of drug-likeness (QED) is 0.582. The molecule has 0 bridgehead atoms. The van der Waals surface area contributed by atoms with Gasteiger partial charge in [0.1, 0.15) is 5.75 Å². The highest BCUT2D eigenvalue weighted by Crippen LogP contribution is 2.24. The molecule has 0 aliphatic carbocycles. The standard InChI is InChI=1S/C23H23NO4S/c1-3-19-8-7-11-21(16-19)28-17-23(25)24(20-9-5-4-6-10-20)29(26,27)22-14-12-18(2)13-15-22/h4-16H,3,17H2,1-2H3. The number of para-hydroxylation sites is 1. The van der Waals surface area contributed by atoms with Crippen molar-refractivity contribution < 1.29 is 17.9 Å². The molecule has 0 N–H and O–H groups in total. The Labute approximate surface area is 171 Å². The van der Waals surface area contributed by atoms with Crippen LogP contribution in [-0.4, -0.2) is 20.9 Å². The Balaban J connectivity index is 1.91. The third kappa shape index (κ3) is 4.84. The van der Waals surface area contributed by atoms with Crippen molar-refractivity contribution >= 4 is 21.6 Å². The Morgan fingerprint density at radius 1 is 0.931 bits per heavy atom. The first-order chi connectivity index (χ1) is 13.9. The van der Waals surface area contributed by atoms with E-state index in [0.717, 1.165) is 21.9 Å². The van der Waals surface area contributed by atoms with Gasteiger partial charge in [0.25, 0.3) is 15.9 Å². The van der Waals surface area contributed by atoms with E-state index in [4.69, 9.17) is 4.74 Å². The van der Waals surface area contributed by atoms with Crippen LogP contribution < -0.4 is 9.04 Å². The first-order valence-electron chi connectivity index (χ1n) is 9.33. The largest absolute Gasteiger partial charge is 0.484 e. The molecule has 0 aliphatic heterocycles. The fraction of sp³-hybridized carbons (Fsp3) is 0.174. The first-order valence-corrected chi connectivity index (χ1v) is 10.8. The van der Waals surface area contributed by atoms with Gasteiger partial charge in [0, 0.05) is 0 Å². The predicted octanol–water partition coefficient (Wildman–Crippen LogP) is 4.36. The second-order valence-corrected chi connectivity index (χ2v) is 8.39. The molecule has 0 saturated carbocycles. The van der Waals surface area contributed by atoms with Crippen LogP contribution in [0.4, 0.5) is 5.69 Å². The third-order valence-electron chi connectivity index (χ3n) is 4.45. The summed E-state index contributed by atoms with van der Waals surface area (Å²) in [6.07, 6.45) is 0.836. The zero-order chi connectivity index (χ0) is 20.9. The summed E-state index contributed by atoms with van der Waals surface area (Å²) >= 11 is 0. The number of rotatable bonds is 7. The van der Waals surface area contributed by atoms with Crippen LogP contribution in [0, 0.1) is 6.92 Å². The van der Waals surface area contributed by atoms with Crippen LogP contribution in [0.1, 0.15) is 18.1 Å². The predicted molar refractivity (Wildman–Crippen MR) is 114 cm³/mol. The summed E-state index contributed by atoms with van der Waals surface area (Å²) in [6, 6.07) is 22.1. The van der Waals surface area contributed by atoms with Gasteiger partial charge in [0.2, 0.25) is 0 Å². The molecule has 3 aromatic rings. The van der Waals surface area contributed by atoms with Crippen LogP contribution in [0.3, 0.4) is 0 Å². The van der Waals surface area contributed by atoms with Gasteiger partial charge < -0.3 is 4.74 Å². The number of nitrogens with zero attached hydrogens (tertiary/aromatic N) is 1. The van der Waals surface area contributed by atoms with Crippen molar-refractivity contribution in [3.05, 3.63) is 90.0 Å². The van der Waals surface area contributed by atoms with Crippen molar-refractivity contribution in [1.29, 1.82) is 0 Å². The fourth-order valence-corrected chi connectivity index (χ4v) is 4.27. The zero-order valence-corrected chi connectivity index (χ0v) is 17.2. The minimum Gasteiger partial charge on any atom is -0.484 e. The molecule has 0 unspecified atom stereocenters. The van der Waals surface area contributed by atoms with Crippen molar-refractivity contribution in [1.82, 2.24) is 0 Å². The van der Waals surface area contributed by atoms with E-state index in [0.29, 0.717) is 5.75 Å². The number of carbonyl (C=O) groups excluding carboxylic acids is 1. The van der Waals surface area contributed by atoms with Crippen molar-refractivity contribution in [3.63, 3.8) is 0 Å². The Morgan fingerprint density at radius 2 is 1.62 bits per heavy atom. The SMILES string of the molecule is CCc1cccc(OCC(=O)N(c2ccccc2)S(=O)(=O)c2ccc(C)cc2)c1. The van der Waals surface area contributed by atoms with Crippen LogP contribution >= 0.6 is 0 Å². The average Bonchev–Trinajstić information content (AvgIpc) is 2.73. The molecule has 5 nitrogen and oxygen atoms in total. The first kappa shape index (κ1) is 20.6. The van der Waals surface area contributed by atoms with Crippen molar-refractivity contribution in [2.75, 3.05) is 10.9 Å². The Morgan fingerprint density at radius 3 is 2.28 bits per heavy atom. The lowest BCUT2D eigenvalue weighted by molar-refractivity contribution is -0.119. The fourth-order valence-electron chi connectivity index (χ4n) is 2.85. The average molecular weight is 410 g/mol. The molecule has 0 aliphatic rings. The molecule has 0 aromatic heterocycles. The molecule has 0 saturated heterocycles. The number of sulfonamides is 1. The topological polar surface area (TPSA) is 63.7 Å². The van der Waals surface area contributed by atoms with Gasteiger partial charge in [-0.1, -0.05) is 55.0 Å². The monoisotopic (exact) mass is 409 g/mol.